The third-order valence-electron chi connectivity index (χ3n) is 4.11. The van der Waals surface area contributed by atoms with Gasteiger partial charge in [0.15, 0.2) is 0 Å². The van der Waals surface area contributed by atoms with Gasteiger partial charge in [-0.2, -0.15) is 0 Å². The van der Waals surface area contributed by atoms with Crippen LogP contribution >= 0.6 is 0 Å². The summed E-state index contributed by atoms with van der Waals surface area (Å²) in [6, 6.07) is 12.8. The van der Waals surface area contributed by atoms with E-state index in [4.69, 9.17) is 0 Å². The molecule has 1 aliphatic rings. The fraction of sp³-hybridized carbons (Fsp3) is 0.353. The number of anilines is 1. The summed E-state index contributed by atoms with van der Waals surface area (Å²) in [5, 5.41) is 3.50. The summed E-state index contributed by atoms with van der Waals surface area (Å²) in [5.74, 6) is 0.667. The Kier molecular flexibility index (Phi) is 3.35. The van der Waals surface area contributed by atoms with Crippen LogP contribution in [0.4, 0.5) is 5.69 Å². The van der Waals surface area contributed by atoms with Gasteiger partial charge in [-0.05, 0) is 37.3 Å². The Hall–Kier alpha value is -2.03. The molecule has 0 saturated heterocycles. The zero-order valence-electron chi connectivity index (χ0n) is 12.0. The van der Waals surface area contributed by atoms with Crippen LogP contribution in [-0.4, -0.2) is 10.6 Å². The van der Waals surface area contributed by atoms with E-state index in [0.717, 1.165) is 18.5 Å². The Morgan fingerprint density at radius 3 is 2.70 bits per heavy atom. The summed E-state index contributed by atoms with van der Waals surface area (Å²) >= 11 is 0. The average molecular weight is 268 g/mol. The van der Waals surface area contributed by atoms with Crippen molar-refractivity contribution >= 4 is 5.69 Å². The van der Waals surface area contributed by atoms with Gasteiger partial charge in [-0.25, -0.2) is 0 Å². The molecule has 3 heteroatoms. The van der Waals surface area contributed by atoms with Crippen molar-refractivity contribution in [2.45, 2.75) is 31.7 Å². The molecule has 104 valence electrons. The SMILES string of the molecule is Cc1cccc(C2CC(Nc3ccc(=O)n(C)c3)C2)c1. The van der Waals surface area contributed by atoms with E-state index in [1.54, 1.807) is 17.7 Å². The second kappa shape index (κ2) is 5.16. The average Bonchev–Trinajstić information content (AvgIpc) is 2.37. The molecule has 20 heavy (non-hydrogen) atoms. The normalized spacial score (nSPS) is 21.3. The third-order valence-corrected chi connectivity index (χ3v) is 4.11. The van der Waals surface area contributed by atoms with Crippen molar-refractivity contribution < 1.29 is 0 Å². The Balaban J connectivity index is 1.60. The number of benzene rings is 1. The van der Waals surface area contributed by atoms with Gasteiger partial charge in [-0.1, -0.05) is 29.8 Å². The first-order valence-corrected chi connectivity index (χ1v) is 7.11. The highest BCUT2D eigenvalue weighted by Gasteiger charge is 2.30. The summed E-state index contributed by atoms with van der Waals surface area (Å²) in [7, 11) is 1.78. The predicted molar refractivity (Wildman–Crippen MR) is 82.2 cm³/mol. The van der Waals surface area contributed by atoms with E-state index >= 15 is 0 Å². The van der Waals surface area contributed by atoms with Crippen molar-refractivity contribution in [2.24, 2.45) is 7.05 Å². The number of rotatable bonds is 3. The highest BCUT2D eigenvalue weighted by atomic mass is 16.1. The molecular weight excluding hydrogens is 248 g/mol. The number of aryl methyl sites for hydroxylation is 2. The zero-order chi connectivity index (χ0) is 14.1. The Bertz CT molecular complexity index is 669. The number of aromatic nitrogens is 1. The Morgan fingerprint density at radius 2 is 2.00 bits per heavy atom. The topological polar surface area (TPSA) is 34.0 Å². The highest BCUT2D eigenvalue weighted by molar-refractivity contribution is 5.42. The van der Waals surface area contributed by atoms with Gasteiger partial charge in [-0.15, -0.1) is 0 Å². The largest absolute Gasteiger partial charge is 0.381 e. The first-order valence-electron chi connectivity index (χ1n) is 7.11. The number of hydrogen-bond donors (Lipinski definition) is 1. The van der Waals surface area contributed by atoms with Crippen molar-refractivity contribution in [3.8, 4) is 0 Å². The summed E-state index contributed by atoms with van der Waals surface area (Å²) in [5.41, 5.74) is 3.84. The molecule has 0 spiro atoms. The second-order valence-electron chi connectivity index (χ2n) is 5.79. The Morgan fingerprint density at radius 1 is 1.20 bits per heavy atom. The molecule has 3 rings (SSSR count). The predicted octanol–water partition coefficient (Wildman–Crippen LogP) is 3.05. The monoisotopic (exact) mass is 268 g/mol. The summed E-state index contributed by atoms with van der Waals surface area (Å²) in [4.78, 5) is 11.3. The van der Waals surface area contributed by atoms with Crippen LogP contribution in [0.2, 0.25) is 0 Å². The van der Waals surface area contributed by atoms with Gasteiger partial charge in [0, 0.05) is 25.4 Å². The van der Waals surface area contributed by atoms with Crippen LogP contribution in [0, 0.1) is 6.92 Å². The van der Waals surface area contributed by atoms with E-state index < -0.39 is 0 Å². The van der Waals surface area contributed by atoms with E-state index in [0.29, 0.717) is 12.0 Å². The molecule has 1 N–H and O–H groups in total. The minimum absolute atomic E-state index is 0.0294. The van der Waals surface area contributed by atoms with Gasteiger partial charge in [-0.3, -0.25) is 4.79 Å². The fourth-order valence-electron chi connectivity index (χ4n) is 2.85. The lowest BCUT2D eigenvalue weighted by Crippen LogP contribution is -2.34. The van der Waals surface area contributed by atoms with E-state index in [9.17, 15) is 4.79 Å². The van der Waals surface area contributed by atoms with E-state index in [2.05, 4.69) is 36.5 Å². The molecule has 0 unspecified atom stereocenters. The van der Waals surface area contributed by atoms with E-state index in [-0.39, 0.29) is 5.56 Å². The zero-order valence-corrected chi connectivity index (χ0v) is 12.0. The van der Waals surface area contributed by atoms with Gasteiger partial charge >= 0.3 is 0 Å². The van der Waals surface area contributed by atoms with E-state index in [1.165, 1.54) is 11.1 Å². The smallest absolute Gasteiger partial charge is 0.250 e. The molecule has 1 aromatic carbocycles. The molecule has 3 nitrogen and oxygen atoms in total. The summed E-state index contributed by atoms with van der Waals surface area (Å²) in [6.45, 7) is 2.14. The van der Waals surface area contributed by atoms with Crippen molar-refractivity contribution in [3.63, 3.8) is 0 Å². The molecule has 1 saturated carbocycles. The Labute approximate surface area is 119 Å². The van der Waals surface area contributed by atoms with Gasteiger partial charge in [0.05, 0.1) is 5.69 Å². The first kappa shape index (κ1) is 13.0. The minimum Gasteiger partial charge on any atom is -0.381 e. The molecule has 0 atom stereocenters. The number of nitrogens with one attached hydrogen (secondary N) is 1. The highest BCUT2D eigenvalue weighted by Crippen LogP contribution is 2.38. The molecule has 2 aromatic rings. The first-order chi connectivity index (χ1) is 9.61. The molecule has 0 radical (unpaired) electrons. The van der Waals surface area contributed by atoms with Gasteiger partial charge < -0.3 is 9.88 Å². The van der Waals surface area contributed by atoms with Crippen LogP contribution < -0.4 is 10.9 Å². The maximum atomic E-state index is 11.3. The van der Waals surface area contributed by atoms with Crippen molar-refractivity contribution in [3.05, 3.63) is 64.1 Å². The number of nitrogens with zero attached hydrogens (tertiary/aromatic N) is 1. The molecule has 0 bridgehead atoms. The van der Waals surface area contributed by atoms with Gasteiger partial charge in [0.1, 0.15) is 0 Å². The van der Waals surface area contributed by atoms with Crippen molar-refractivity contribution in [1.82, 2.24) is 4.57 Å². The standard InChI is InChI=1S/C17H20N2O/c1-12-4-3-5-13(8-12)14-9-16(10-14)18-15-6-7-17(20)19(2)11-15/h3-8,11,14,16,18H,9-10H2,1-2H3. The lowest BCUT2D eigenvalue weighted by molar-refractivity contribution is 0.374. The molecule has 1 heterocycles. The second-order valence-corrected chi connectivity index (χ2v) is 5.79. The summed E-state index contributed by atoms with van der Waals surface area (Å²) in [6.07, 6.45) is 4.18. The maximum Gasteiger partial charge on any atom is 0.250 e. The lowest BCUT2D eigenvalue weighted by Gasteiger charge is -2.37. The van der Waals surface area contributed by atoms with Crippen LogP contribution in [0.25, 0.3) is 0 Å². The third kappa shape index (κ3) is 2.62. The minimum atomic E-state index is 0.0294. The van der Waals surface area contributed by atoms with Gasteiger partial charge in [0.2, 0.25) is 5.56 Å². The fourth-order valence-corrected chi connectivity index (χ4v) is 2.85. The van der Waals surface area contributed by atoms with Gasteiger partial charge in [0.25, 0.3) is 0 Å². The molecule has 1 aromatic heterocycles. The lowest BCUT2D eigenvalue weighted by atomic mass is 9.75. The molecule has 0 aliphatic heterocycles. The molecule has 0 amide bonds. The number of hydrogen-bond acceptors (Lipinski definition) is 2. The van der Waals surface area contributed by atoms with Crippen molar-refractivity contribution in [2.75, 3.05) is 5.32 Å². The van der Waals surface area contributed by atoms with Crippen LogP contribution in [-0.2, 0) is 7.05 Å². The van der Waals surface area contributed by atoms with Crippen LogP contribution in [0.1, 0.15) is 29.9 Å². The molecule has 1 fully saturated rings. The maximum absolute atomic E-state index is 11.3. The van der Waals surface area contributed by atoms with Crippen LogP contribution in [0.5, 0.6) is 0 Å². The molecule has 1 aliphatic carbocycles. The van der Waals surface area contributed by atoms with Crippen LogP contribution in [0.15, 0.2) is 47.4 Å². The number of pyridine rings is 1. The van der Waals surface area contributed by atoms with E-state index in [1.807, 2.05) is 12.3 Å². The van der Waals surface area contributed by atoms with Crippen molar-refractivity contribution in [1.29, 1.82) is 0 Å². The molecular formula is C17H20N2O. The van der Waals surface area contributed by atoms with Crippen LogP contribution in [0.3, 0.4) is 0 Å². The quantitative estimate of drug-likeness (QED) is 0.928. The summed E-state index contributed by atoms with van der Waals surface area (Å²) < 4.78 is 1.61.